The Morgan fingerprint density at radius 1 is 0.286 bits per heavy atom. The second kappa shape index (κ2) is 14.4. The van der Waals surface area contributed by atoms with Gasteiger partial charge in [0, 0.05) is 33.4 Å². The van der Waals surface area contributed by atoms with Crippen LogP contribution in [0.15, 0.2) is 224 Å². The average Bonchev–Trinajstić information content (AvgIpc) is 3.61. The van der Waals surface area contributed by atoms with Gasteiger partial charge in [-0.25, -0.2) is 0 Å². The van der Waals surface area contributed by atoms with Crippen LogP contribution in [-0.4, -0.2) is 4.57 Å². The van der Waals surface area contributed by atoms with Crippen LogP contribution in [0.4, 0.5) is 11.4 Å². The number of fused-ring (bicyclic) bond motifs is 3. The topological polar surface area (TPSA) is 17.0 Å². The maximum Gasteiger partial charge on any atom is 0.0541 e. The molecule has 1 N–H and O–H groups in total. The molecule has 0 spiro atoms. The van der Waals surface area contributed by atoms with E-state index in [0.29, 0.717) is 0 Å². The minimum absolute atomic E-state index is 1.05. The van der Waals surface area contributed by atoms with Gasteiger partial charge in [-0.3, -0.25) is 0 Å². The lowest BCUT2D eigenvalue weighted by Gasteiger charge is -2.16. The first-order chi connectivity index (χ1) is 27.7. The molecule has 0 aliphatic rings. The molecule has 264 valence electrons. The Morgan fingerprint density at radius 3 is 1.46 bits per heavy atom. The molecular formula is C54H38N2. The highest BCUT2D eigenvalue weighted by atomic mass is 15.0. The van der Waals surface area contributed by atoms with Gasteiger partial charge >= 0.3 is 0 Å². The third kappa shape index (κ3) is 6.34. The lowest BCUT2D eigenvalue weighted by molar-refractivity contribution is 1.18. The van der Waals surface area contributed by atoms with Crippen molar-refractivity contribution in [3.8, 4) is 61.3 Å². The summed E-state index contributed by atoms with van der Waals surface area (Å²) in [6, 6.07) is 80.6. The van der Waals surface area contributed by atoms with E-state index in [2.05, 4.69) is 234 Å². The van der Waals surface area contributed by atoms with Gasteiger partial charge in [0.1, 0.15) is 0 Å². The summed E-state index contributed by atoms with van der Waals surface area (Å²) in [6.07, 6.45) is 0. The Kier molecular flexibility index (Phi) is 8.55. The molecule has 0 fully saturated rings. The van der Waals surface area contributed by atoms with E-state index in [4.69, 9.17) is 0 Å². The highest BCUT2D eigenvalue weighted by Gasteiger charge is 2.15. The molecule has 2 nitrogen and oxygen atoms in total. The van der Waals surface area contributed by atoms with Crippen molar-refractivity contribution in [2.24, 2.45) is 0 Å². The number of hydrogen-bond donors (Lipinski definition) is 1. The average molecular weight is 715 g/mol. The fourth-order valence-electron chi connectivity index (χ4n) is 8.02. The summed E-state index contributed by atoms with van der Waals surface area (Å²) in [5, 5.41) is 6.31. The number of para-hydroxylation sites is 2. The Hall–Kier alpha value is -7.42. The molecule has 9 aromatic carbocycles. The molecule has 1 aromatic heterocycles. The van der Waals surface area contributed by atoms with Crippen LogP contribution in [-0.2, 0) is 0 Å². The molecule has 0 bridgehead atoms. The van der Waals surface area contributed by atoms with Crippen LogP contribution in [0.2, 0.25) is 0 Å². The monoisotopic (exact) mass is 714 g/mol. The third-order valence-electron chi connectivity index (χ3n) is 10.8. The largest absolute Gasteiger partial charge is 0.355 e. The standard InChI is InChI=1S/C54H38N2/c1-4-15-38(16-5-1)41-27-30-48(31-28-41)56-53-26-13-11-24-50(53)51-37-43(29-32-54(51)56)42-21-14-22-44(33-42)49-23-10-12-25-52(49)55-47-35-45(39-17-6-2-7-18-39)34-46(36-47)40-19-8-3-9-20-40/h1-37,55H. The van der Waals surface area contributed by atoms with E-state index in [1.165, 1.54) is 66.3 Å². The molecule has 2 heteroatoms. The van der Waals surface area contributed by atoms with Crippen molar-refractivity contribution in [1.29, 1.82) is 0 Å². The van der Waals surface area contributed by atoms with Crippen LogP contribution >= 0.6 is 0 Å². The molecule has 0 amide bonds. The van der Waals surface area contributed by atoms with E-state index in [1.807, 2.05) is 0 Å². The smallest absolute Gasteiger partial charge is 0.0541 e. The van der Waals surface area contributed by atoms with Crippen molar-refractivity contribution in [3.63, 3.8) is 0 Å². The van der Waals surface area contributed by atoms with Gasteiger partial charge in [-0.2, -0.15) is 0 Å². The number of aromatic nitrogens is 1. The number of hydrogen-bond acceptors (Lipinski definition) is 1. The van der Waals surface area contributed by atoms with Gasteiger partial charge in [0.15, 0.2) is 0 Å². The fraction of sp³-hybridized carbons (Fsp3) is 0. The van der Waals surface area contributed by atoms with Crippen LogP contribution in [0.5, 0.6) is 0 Å². The molecule has 10 rings (SSSR count). The van der Waals surface area contributed by atoms with Crippen molar-refractivity contribution in [2.75, 3.05) is 5.32 Å². The first kappa shape index (κ1) is 33.2. The van der Waals surface area contributed by atoms with Crippen molar-refractivity contribution in [1.82, 2.24) is 4.57 Å². The molecule has 0 aliphatic carbocycles. The van der Waals surface area contributed by atoms with E-state index in [0.717, 1.165) is 28.2 Å². The zero-order chi connectivity index (χ0) is 37.3. The summed E-state index contributed by atoms with van der Waals surface area (Å²) in [4.78, 5) is 0. The van der Waals surface area contributed by atoms with Crippen molar-refractivity contribution < 1.29 is 0 Å². The second-order valence-corrected chi connectivity index (χ2v) is 14.3. The normalized spacial score (nSPS) is 11.2. The van der Waals surface area contributed by atoms with Gasteiger partial charge in [-0.05, 0) is 111 Å². The van der Waals surface area contributed by atoms with Crippen molar-refractivity contribution in [3.05, 3.63) is 224 Å². The Morgan fingerprint density at radius 2 is 0.768 bits per heavy atom. The molecule has 0 aliphatic heterocycles. The quantitative estimate of drug-likeness (QED) is 0.166. The minimum atomic E-state index is 1.05. The molecule has 1 heterocycles. The minimum Gasteiger partial charge on any atom is -0.355 e. The van der Waals surface area contributed by atoms with E-state index in [1.54, 1.807) is 0 Å². The summed E-state index contributed by atoms with van der Waals surface area (Å²) in [5.74, 6) is 0. The van der Waals surface area contributed by atoms with Crippen LogP contribution < -0.4 is 5.32 Å². The molecule has 0 saturated heterocycles. The summed E-state index contributed by atoms with van der Waals surface area (Å²) in [5.41, 5.74) is 17.5. The molecular weight excluding hydrogens is 677 g/mol. The summed E-state index contributed by atoms with van der Waals surface area (Å²) >= 11 is 0. The van der Waals surface area contributed by atoms with E-state index in [9.17, 15) is 0 Å². The summed E-state index contributed by atoms with van der Waals surface area (Å²) < 4.78 is 2.39. The number of anilines is 2. The zero-order valence-electron chi connectivity index (χ0n) is 30.8. The second-order valence-electron chi connectivity index (χ2n) is 14.3. The Labute approximate surface area is 327 Å². The van der Waals surface area contributed by atoms with Gasteiger partial charge in [-0.15, -0.1) is 0 Å². The molecule has 0 atom stereocenters. The van der Waals surface area contributed by atoms with E-state index >= 15 is 0 Å². The molecule has 0 saturated carbocycles. The number of nitrogens with one attached hydrogen (secondary N) is 1. The number of benzene rings is 9. The van der Waals surface area contributed by atoms with Gasteiger partial charge in [0.05, 0.1) is 11.0 Å². The van der Waals surface area contributed by atoms with Crippen LogP contribution in [0, 0.1) is 0 Å². The molecule has 0 radical (unpaired) electrons. The summed E-state index contributed by atoms with van der Waals surface area (Å²) in [6.45, 7) is 0. The third-order valence-corrected chi connectivity index (χ3v) is 10.8. The maximum absolute atomic E-state index is 3.82. The van der Waals surface area contributed by atoms with Gasteiger partial charge in [0.25, 0.3) is 0 Å². The Bertz CT molecular complexity index is 2900. The zero-order valence-corrected chi connectivity index (χ0v) is 30.8. The molecule has 10 aromatic rings. The predicted octanol–water partition coefficient (Wildman–Crippen LogP) is 14.9. The molecule has 56 heavy (non-hydrogen) atoms. The highest BCUT2D eigenvalue weighted by Crippen LogP contribution is 2.39. The molecule has 0 unspecified atom stereocenters. The van der Waals surface area contributed by atoms with Crippen LogP contribution in [0.1, 0.15) is 0 Å². The van der Waals surface area contributed by atoms with E-state index < -0.39 is 0 Å². The lowest BCUT2D eigenvalue weighted by atomic mass is 9.96. The maximum atomic E-state index is 3.82. The Balaban J connectivity index is 1.01. The first-order valence-electron chi connectivity index (χ1n) is 19.2. The first-order valence-corrected chi connectivity index (χ1v) is 19.2. The van der Waals surface area contributed by atoms with Gasteiger partial charge < -0.3 is 9.88 Å². The van der Waals surface area contributed by atoms with Crippen molar-refractivity contribution >= 4 is 33.2 Å². The van der Waals surface area contributed by atoms with Crippen LogP contribution in [0.3, 0.4) is 0 Å². The number of rotatable bonds is 8. The lowest BCUT2D eigenvalue weighted by Crippen LogP contribution is -1.95. The highest BCUT2D eigenvalue weighted by molar-refractivity contribution is 6.10. The fourth-order valence-corrected chi connectivity index (χ4v) is 8.02. The SMILES string of the molecule is c1ccc(-c2ccc(-n3c4ccccc4c4cc(-c5cccc(-c6ccccc6Nc6cc(-c7ccccc7)cc(-c7ccccc7)c6)c5)ccc43)cc2)cc1. The van der Waals surface area contributed by atoms with E-state index in [-0.39, 0.29) is 0 Å². The van der Waals surface area contributed by atoms with Crippen LogP contribution in [0.25, 0.3) is 83.1 Å². The predicted molar refractivity (Wildman–Crippen MR) is 238 cm³/mol. The van der Waals surface area contributed by atoms with Crippen molar-refractivity contribution in [2.45, 2.75) is 0 Å². The number of nitrogens with zero attached hydrogens (tertiary/aromatic N) is 1. The summed E-state index contributed by atoms with van der Waals surface area (Å²) in [7, 11) is 0. The van der Waals surface area contributed by atoms with Gasteiger partial charge in [-0.1, -0.05) is 164 Å². The van der Waals surface area contributed by atoms with Gasteiger partial charge in [0.2, 0.25) is 0 Å².